The topological polar surface area (TPSA) is 22.0 Å². The van der Waals surface area contributed by atoms with Crippen LogP contribution in [0.2, 0.25) is 0 Å². The number of fused-ring (bicyclic) bond motifs is 9. The van der Waals surface area contributed by atoms with E-state index in [9.17, 15) is 0 Å². The van der Waals surface area contributed by atoms with E-state index in [-0.39, 0.29) is 0 Å². The average Bonchev–Trinajstić information content (AvgIpc) is 3.65. The molecular weight excluding hydrogens is 638 g/mol. The molecule has 1 atom stereocenters. The van der Waals surface area contributed by atoms with Crippen molar-refractivity contribution >= 4 is 77.2 Å². The van der Waals surface area contributed by atoms with Gasteiger partial charge in [-0.2, -0.15) is 0 Å². The summed E-state index contributed by atoms with van der Waals surface area (Å²) in [5.41, 5.74) is 7.97. The van der Waals surface area contributed by atoms with Crippen LogP contribution in [0.3, 0.4) is 0 Å². The fourth-order valence-corrected chi connectivity index (χ4v) is 11.8. The molecule has 1 unspecified atom stereocenters. The molecule has 2 heterocycles. The van der Waals surface area contributed by atoms with Crippen LogP contribution in [0.4, 0.5) is 0 Å². The van der Waals surface area contributed by atoms with Gasteiger partial charge in [0.05, 0.1) is 16.7 Å². The number of aromatic nitrogens is 1. The van der Waals surface area contributed by atoms with Crippen molar-refractivity contribution in [2.45, 2.75) is 0 Å². The van der Waals surface area contributed by atoms with Crippen molar-refractivity contribution < 1.29 is 4.57 Å². The standard InChI is InChI=1S/C48H30NOP/c50-51(34-16-2-1-3-17-34)45-25-13-11-19-36(45)42-29-44-41(30-46(42)51)35-18-10-12-24-43(35)49(44)48-39-22-8-6-20-37(39)47(38-21-7-9-23-40(38)48)33-27-26-31-14-4-5-15-32(31)28-33/h1-30H. The molecule has 1 aromatic heterocycles. The van der Waals surface area contributed by atoms with Gasteiger partial charge < -0.3 is 9.13 Å². The maximum Gasteiger partial charge on any atom is 0.172 e. The Labute approximate surface area is 295 Å². The fraction of sp³-hybridized carbons (Fsp3) is 0. The molecule has 51 heavy (non-hydrogen) atoms. The molecule has 0 bridgehead atoms. The van der Waals surface area contributed by atoms with Gasteiger partial charge in [-0.3, -0.25) is 0 Å². The van der Waals surface area contributed by atoms with Crippen LogP contribution in [0, 0.1) is 0 Å². The van der Waals surface area contributed by atoms with E-state index in [4.69, 9.17) is 0 Å². The molecule has 0 N–H and O–H groups in total. The Bertz CT molecular complexity index is 3060. The fourth-order valence-electron chi connectivity index (χ4n) is 8.74. The zero-order valence-corrected chi connectivity index (χ0v) is 28.5. The Morgan fingerprint density at radius 2 is 1.00 bits per heavy atom. The van der Waals surface area contributed by atoms with Crippen LogP contribution in [0.1, 0.15) is 0 Å². The van der Waals surface area contributed by atoms with E-state index in [0.717, 1.165) is 54.5 Å². The van der Waals surface area contributed by atoms with Gasteiger partial charge in [-0.1, -0.05) is 158 Å². The van der Waals surface area contributed by atoms with Gasteiger partial charge in [-0.15, -0.1) is 0 Å². The van der Waals surface area contributed by atoms with Gasteiger partial charge in [0.2, 0.25) is 0 Å². The molecule has 0 fully saturated rings. The van der Waals surface area contributed by atoms with Gasteiger partial charge in [0.25, 0.3) is 0 Å². The second-order valence-electron chi connectivity index (χ2n) is 13.6. The van der Waals surface area contributed by atoms with E-state index in [0.29, 0.717) is 0 Å². The van der Waals surface area contributed by atoms with E-state index in [1.807, 2.05) is 36.4 Å². The lowest BCUT2D eigenvalue weighted by atomic mass is 9.89. The molecule has 9 aromatic carbocycles. The summed E-state index contributed by atoms with van der Waals surface area (Å²) in [5, 5.41) is 12.3. The van der Waals surface area contributed by atoms with Crippen molar-refractivity contribution in [3.05, 3.63) is 182 Å². The van der Waals surface area contributed by atoms with Crippen molar-refractivity contribution in [3.8, 4) is 27.9 Å². The maximum atomic E-state index is 15.5. The predicted molar refractivity (Wildman–Crippen MR) is 217 cm³/mol. The van der Waals surface area contributed by atoms with Gasteiger partial charge in [-0.25, -0.2) is 0 Å². The van der Waals surface area contributed by atoms with Crippen LogP contribution in [0.15, 0.2) is 182 Å². The summed E-state index contributed by atoms with van der Waals surface area (Å²) in [6, 6.07) is 64.7. The Morgan fingerprint density at radius 3 is 1.76 bits per heavy atom. The third-order valence-corrected chi connectivity index (χ3v) is 14.1. The first-order chi connectivity index (χ1) is 25.2. The summed E-state index contributed by atoms with van der Waals surface area (Å²) in [6.45, 7) is 0. The molecule has 1 aliphatic heterocycles. The summed E-state index contributed by atoms with van der Waals surface area (Å²) in [6.07, 6.45) is 0. The molecule has 0 saturated carbocycles. The minimum atomic E-state index is -3.09. The third kappa shape index (κ3) is 3.91. The van der Waals surface area contributed by atoms with Crippen LogP contribution < -0.4 is 15.9 Å². The van der Waals surface area contributed by atoms with Crippen LogP contribution in [-0.4, -0.2) is 4.57 Å². The highest BCUT2D eigenvalue weighted by molar-refractivity contribution is 7.86. The predicted octanol–water partition coefficient (Wildman–Crippen LogP) is 11.5. The molecule has 1 aliphatic rings. The van der Waals surface area contributed by atoms with E-state index in [1.165, 1.54) is 43.4 Å². The van der Waals surface area contributed by atoms with Crippen molar-refractivity contribution in [1.29, 1.82) is 0 Å². The summed E-state index contributed by atoms with van der Waals surface area (Å²) >= 11 is 0. The van der Waals surface area contributed by atoms with Crippen LogP contribution in [0.25, 0.3) is 82.1 Å². The first kappa shape index (κ1) is 28.6. The second-order valence-corrected chi connectivity index (χ2v) is 16.3. The largest absolute Gasteiger partial charge is 0.309 e. The zero-order valence-electron chi connectivity index (χ0n) is 27.6. The normalized spacial score (nSPS) is 15.2. The number of nitrogens with zero attached hydrogens (tertiary/aromatic N) is 1. The molecule has 3 heteroatoms. The molecule has 0 saturated heterocycles. The SMILES string of the molecule is O=P1(c2ccccc2)c2ccccc2-c2cc3c(cc21)c1ccccc1n3-c1c2ccccc2c(-c2ccc3ccccc3c2)c2ccccc12. The smallest absolute Gasteiger partial charge is 0.172 e. The number of hydrogen-bond acceptors (Lipinski definition) is 1. The maximum absolute atomic E-state index is 15.5. The Balaban J connectivity index is 1.28. The Morgan fingerprint density at radius 1 is 0.392 bits per heavy atom. The van der Waals surface area contributed by atoms with Crippen LogP contribution in [0.5, 0.6) is 0 Å². The number of hydrogen-bond donors (Lipinski definition) is 0. The summed E-state index contributed by atoms with van der Waals surface area (Å²) in [7, 11) is -3.09. The molecule has 2 nitrogen and oxygen atoms in total. The quantitative estimate of drug-likeness (QED) is 0.136. The first-order valence-electron chi connectivity index (χ1n) is 17.5. The number of rotatable bonds is 3. The minimum absolute atomic E-state index is 0.876. The Kier molecular flexibility index (Phi) is 5.97. The second kappa shape index (κ2) is 10.6. The van der Waals surface area contributed by atoms with Gasteiger partial charge in [0.15, 0.2) is 7.14 Å². The zero-order chi connectivity index (χ0) is 33.7. The van der Waals surface area contributed by atoms with Gasteiger partial charge in [0, 0.05) is 37.5 Å². The molecule has 0 radical (unpaired) electrons. The lowest BCUT2D eigenvalue weighted by Crippen LogP contribution is -2.20. The average molecular weight is 668 g/mol. The minimum Gasteiger partial charge on any atom is -0.309 e. The van der Waals surface area contributed by atoms with Gasteiger partial charge in [0.1, 0.15) is 0 Å². The van der Waals surface area contributed by atoms with Crippen molar-refractivity contribution in [1.82, 2.24) is 4.57 Å². The number of benzene rings is 9. The lowest BCUT2D eigenvalue weighted by molar-refractivity contribution is 0.593. The summed E-state index contributed by atoms with van der Waals surface area (Å²) in [4.78, 5) is 0. The highest BCUT2D eigenvalue weighted by Crippen LogP contribution is 2.54. The molecule has 0 spiro atoms. The Hall–Kier alpha value is -6.21. The molecule has 0 amide bonds. The molecule has 11 rings (SSSR count). The molecule has 10 aromatic rings. The van der Waals surface area contributed by atoms with Crippen molar-refractivity contribution in [2.75, 3.05) is 0 Å². The van der Waals surface area contributed by atoms with E-state index >= 15 is 4.57 Å². The van der Waals surface area contributed by atoms with Gasteiger partial charge >= 0.3 is 0 Å². The van der Waals surface area contributed by atoms with E-state index < -0.39 is 7.14 Å². The first-order valence-corrected chi connectivity index (χ1v) is 19.2. The van der Waals surface area contributed by atoms with Crippen LogP contribution in [-0.2, 0) is 4.57 Å². The lowest BCUT2D eigenvalue weighted by Gasteiger charge is -2.20. The third-order valence-electron chi connectivity index (χ3n) is 10.9. The van der Waals surface area contributed by atoms with E-state index in [1.54, 1.807) is 0 Å². The highest BCUT2D eigenvalue weighted by atomic mass is 31.2. The highest BCUT2D eigenvalue weighted by Gasteiger charge is 2.40. The summed E-state index contributed by atoms with van der Waals surface area (Å²) < 4.78 is 18.0. The van der Waals surface area contributed by atoms with Crippen LogP contribution >= 0.6 is 7.14 Å². The van der Waals surface area contributed by atoms with E-state index in [2.05, 4.69) is 150 Å². The number of para-hydroxylation sites is 1. The van der Waals surface area contributed by atoms with Crippen molar-refractivity contribution in [2.24, 2.45) is 0 Å². The molecule has 238 valence electrons. The van der Waals surface area contributed by atoms with Gasteiger partial charge in [-0.05, 0) is 68.1 Å². The molecular formula is C48H30NOP. The summed E-state index contributed by atoms with van der Waals surface area (Å²) in [5.74, 6) is 0. The molecule has 0 aliphatic carbocycles. The van der Waals surface area contributed by atoms with Crippen molar-refractivity contribution in [3.63, 3.8) is 0 Å². The monoisotopic (exact) mass is 667 g/mol.